The third-order valence-corrected chi connectivity index (χ3v) is 4.89. The van der Waals surface area contributed by atoms with E-state index in [4.69, 9.17) is 0 Å². The Bertz CT molecular complexity index is 399. The zero-order valence-corrected chi connectivity index (χ0v) is 13.1. The van der Waals surface area contributed by atoms with Gasteiger partial charge in [-0.15, -0.1) is 0 Å². The van der Waals surface area contributed by atoms with Crippen LogP contribution in [0.25, 0.3) is 0 Å². The zero-order chi connectivity index (χ0) is 13.8. The quantitative estimate of drug-likeness (QED) is 0.849. The molecule has 1 saturated carbocycles. The highest BCUT2D eigenvalue weighted by molar-refractivity contribution is 5.37. The van der Waals surface area contributed by atoms with E-state index in [1.165, 1.54) is 55.2 Å². The minimum absolute atomic E-state index is 0.750. The van der Waals surface area contributed by atoms with E-state index in [9.17, 15) is 0 Å². The van der Waals surface area contributed by atoms with Gasteiger partial charge in [0.25, 0.3) is 0 Å². The van der Waals surface area contributed by atoms with Crippen LogP contribution < -0.4 is 5.32 Å². The van der Waals surface area contributed by atoms with Crippen LogP contribution in [0.2, 0.25) is 0 Å². The summed E-state index contributed by atoms with van der Waals surface area (Å²) in [7, 11) is 2.13. The number of hydrogen-bond acceptors (Lipinski definition) is 1. The Hall–Kier alpha value is -0.820. The summed E-state index contributed by atoms with van der Waals surface area (Å²) in [5, 5.41) is 3.53. The monoisotopic (exact) mass is 259 g/mol. The van der Waals surface area contributed by atoms with Crippen molar-refractivity contribution in [2.24, 2.45) is 5.92 Å². The highest BCUT2D eigenvalue weighted by Gasteiger charge is 2.23. The molecule has 2 atom stereocenters. The zero-order valence-electron chi connectivity index (χ0n) is 13.1. The van der Waals surface area contributed by atoms with E-state index < -0.39 is 0 Å². The van der Waals surface area contributed by atoms with Crippen LogP contribution in [0.4, 0.5) is 0 Å². The van der Waals surface area contributed by atoms with Gasteiger partial charge in [-0.05, 0) is 76.1 Å². The summed E-state index contributed by atoms with van der Waals surface area (Å²) < 4.78 is 0. The van der Waals surface area contributed by atoms with Gasteiger partial charge < -0.3 is 5.32 Å². The minimum Gasteiger partial charge on any atom is -0.317 e. The molecule has 0 heterocycles. The maximum atomic E-state index is 3.53. The van der Waals surface area contributed by atoms with Gasteiger partial charge >= 0.3 is 0 Å². The molecule has 1 nitrogen and oxygen atoms in total. The van der Waals surface area contributed by atoms with E-state index in [2.05, 4.69) is 45.3 Å². The van der Waals surface area contributed by atoms with E-state index in [0.29, 0.717) is 0 Å². The molecule has 0 saturated heterocycles. The van der Waals surface area contributed by atoms with Crippen molar-refractivity contribution in [2.45, 2.75) is 65.3 Å². The molecule has 1 aromatic carbocycles. The molecule has 1 aliphatic carbocycles. The van der Waals surface area contributed by atoms with Gasteiger partial charge in [-0.2, -0.15) is 0 Å². The summed E-state index contributed by atoms with van der Waals surface area (Å²) in [5.74, 6) is 0.874. The van der Waals surface area contributed by atoms with Crippen molar-refractivity contribution >= 4 is 0 Å². The SMILES string of the molecule is CNC1CCCCC1CCc1c(C)cc(C)cc1C. The molecule has 106 valence electrons. The lowest BCUT2D eigenvalue weighted by molar-refractivity contribution is 0.260. The van der Waals surface area contributed by atoms with Crippen molar-refractivity contribution in [1.82, 2.24) is 5.32 Å². The third kappa shape index (κ3) is 3.60. The molecule has 1 aromatic rings. The molecular formula is C18H29N. The lowest BCUT2D eigenvalue weighted by atomic mass is 9.80. The van der Waals surface area contributed by atoms with Gasteiger partial charge in [0, 0.05) is 6.04 Å². The Morgan fingerprint density at radius 1 is 1.05 bits per heavy atom. The normalized spacial score (nSPS) is 23.6. The second-order valence-electron chi connectivity index (χ2n) is 6.36. The minimum atomic E-state index is 0.750. The number of benzene rings is 1. The second-order valence-corrected chi connectivity index (χ2v) is 6.36. The Morgan fingerprint density at radius 2 is 1.68 bits per heavy atom. The summed E-state index contributed by atoms with van der Waals surface area (Å²) in [5.41, 5.74) is 5.94. The summed E-state index contributed by atoms with van der Waals surface area (Å²) >= 11 is 0. The van der Waals surface area contributed by atoms with Crippen LogP contribution in [0, 0.1) is 26.7 Å². The average Bonchev–Trinajstić information content (AvgIpc) is 2.38. The van der Waals surface area contributed by atoms with Crippen LogP contribution in [0.15, 0.2) is 12.1 Å². The smallest absolute Gasteiger partial charge is 0.00924 e. The van der Waals surface area contributed by atoms with Gasteiger partial charge in [0.05, 0.1) is 0 Å². The molecule has 1 heteroatoms. The van der Waals surface area contributed by atoms with Crippen molar-refractivity contribution in [1.29, 1.82) is 0 Å². The molecule has 0 aromatic heterocycles. The first kappa shape index (κ1) is 14.6. The van der Waals surface area contributed by atoms with Crippen LogP contribution in [0.5, 0.6) is 0 Å². The maximum Gasteiger partial charge on any atom is 0.00924 e. The van der Waals surface area contributed by atoms with E-state index >= 15 is 0 Å². The van der Waals surface area contributed by atoms with Crippen molar-refractivity contribution in [3.05, 3.63) is 34.4 Å². The highest BCUT2D eigenvalue weighted by atomic mass is 14.9. The number of hydrogen-bond donors (Lipinski definition) is 1. The Balaban J connectivity index is 2.02. The van der Waals surface area contributed by atoms with E-state index in [1.807, 2.05) is 0 Å². The predicted octanol–water partition coefficient (Wildman–Crippen LogP) is 4.32. The van der Waals surface area contributed by atoms with Crippen molar-refractivity contribution < 1.29 is 0 Å². The summed E-state index contributed by atoms with van der Waals surface area (Å²) in [6, 6.07) is 5.41. The van der Waals surface area contributed by atoms with Gasteiger partial charge in [-0.3, -0.25) is 0 Å². The number of nitrogens with one attached hydrogen (secondary N) is 1. The van der Waals surface area contributed by atoms with Gasteiger partial charge in [0.1, 0.15) is 0 Å². The average molecular weight is 259 g/mol. The molecular weight excluding hydrogens is 230 g/mol. The molecule has 0 aliphatic heterocycles. The van der Waals surface area contributed by atoms with Gasteiger partial charge in [0.2, 0.25) is 0 Å². The Kier molecular flexibility index (Phi) is 5.04. The van der Waals surface area contributed by atoms with E-state index in [1.54, 1.807) is 5.56 Å². The van der Waals surface area contributed by atoms with E-state index in [-0.39, 0.29) is 0 Å². The standard InChI is InChI=1S/C18H29N/c1-13-11-14(2)17(15(3)12-13)10-9-16-7-5-6-8-18(16)19-4/h11-12,16,18-19H,5-10H2,1-4H3. The summed E-state index contributed by atoms with van der Waals surface area (Å²) in [6.07, 6.45) is 8.21. The Morgan fingerprint density at radius 3 is 2.32 bits per heavy atom. The fraction of sp³-hybridized carbons (Fsp3) is 0.667. The number of aryl methyl sites for hydroxylation is 3. The first-order valence-electron chi connectivity index (χ1n) is 7.86. The second kappa shape index (κ2) is 6.56. The lowest BCUT2D eigenvalue weighted by Crippen LogP contribution is -2.36. The molecule has 19 heavy (non-hydrogen) atoms. The van der Waals surface area contributed by atoms with Crippen LogP contribution in [0.1, 0.15) is 54.4 Å². The van der Waals surface area contributed by atoms with Gasteiger partial charge in [-0.25, -0.2) is 0 Å². The topological polar surface area (TPSA) is 12.0 Å². The third-order valence-electron chi connectivity index (χ3n) is 4.89. The maximum absolute atomic E-state index is 3.53. The summed E-state index contributed by atoms with van der Waals surface area (Å²) in [4.78, 5) is 0. The van der Waals surface area contributed by atoms with Crippen molar-refractivity contribution in [3.63, 3.8) is 0 Å². The first-order valence-corrected chi connectivity index (χ1v) is 7.86. The molecule has 1 aliphatic rings. The molecule has 0 radical (unpaired) electrons. The first-order chi connectivity index (χ1) is 9.11. The van der Waals surface area contributed by atoms with Crippen LogP contribution in [-0.2, 0) is 6.42 Å². The molecule has 1 N–H and O–H groups in total. The summed E-state index contributed by atoms with van der Waals surface area (Å²) in [6.45, 7) is 6.74. The predicted molar refractivity (Wildman–Crippen MR) is 83.8 cm³/mol. The van der Waals surface area contributed by atoms with E-state index in [0.717, 1.165) is 12.0 Å². The highest BCUT2D eigenvalue weighted by Crippen LogP contribution is 2.29. The largest absolute Gasteiger partial charge is 0.317 e. The lowest BCUT2D eigenvalue weighted by Gasteiger charge is -2.31. The molecule has 0 amide bonds. The molecule has 1 fully saturated rings. The molecule has 0 spiro atoms. The molecule has 0 bridgehead atoms. The molecule has 2 unspecified atom stereocenters. The fourth-order valence-electron chi connectivity index (χ4n) is 3.87. The van der Waals surface area contributed by atoms with Crippen LogP contribution in [-0.4, -0.2) is 13.1 Å². The fourth-order valence-corrected chi connectivity index (χ4v) is 3.87. The van der Waals surface area contributed by atoms with Gasteiger partial charge in [0.15, 0.2) is 0 Å². The van der Waals surface area contributed by atoms with Crippen molar-refractivity contribution in [2.75, 3.05) is 7.05 Å². The molecule has 2 rings (SSSR count). The van der Waals surface area contributed by atoms with Crippen molar-refractivity contribution in [3.8, 4) is 0 Å². The van der Waals surface area contributed by atoms with Crippen LogP contribution >= 0.6 is 0 Å². The van der Waals surface area contributed by atoms with Crippen LogP contribution in [0.3, 0.4) is 0 Å². The number of rotatable bonds is 4. The Labute approximate surface area is 118 Å². The van der Waals surface area contributed by atoms with Gasteiger partial charge in [-0.1, -0.05) is 30.5 Å².